The summed E-state index contributed by atoms with van der Waals surface area (Å²) >= 11 is 0. The first kappa shape index (κ1) is 8.82. The molecule has 0 unspecified atom stereocenters. The van der Waals surface area contributed by atoms with Crippen molar-refractivity contribution in [3.8, 4) is 0 Å². The summed E-state index contributed by atoms with van der Waals surface area (Å²) in [7, 11) is 0. The van der Waals surface area contributed by atoms with Crippen molar-refractivity contribution in [2.75, 3.05) is 6.54 Å². The molecule has 1 N–H and O–H groups in total. The third kappa shape index (κ3) is 17.1. The van der Waals surface area contributed by atoms with Crippen LogP contribution in [0.25, 0.3) is 5.73 Å². The van der Waals surface area contributed by atoms with E-state index in [0.717, 1.165) is 0 Å². The molecule has 0 heterocycles. The van der Waals surface area contributed by atoms with E-state index in [4.69, 9.17) is 5.73 Å². The maximum absolute atomic E-state index is 6.21. The SMILES string of the molecule is CC[NH-].[Mo]. The van der Waals surface area contributed by atoms with Crippen molar-refractivity contribution in [3.05, 3.63) is 5.73 Å². The smallest absolute Gasteiger partial charge is 0 e. The summed E-state index contributed by atoms with van der Waals surface area (Å²) in [6.45, 7) is 2.29. The Hall–Kier alpha value is 0.648. The fourth-order valence-electron chi connectivity index (χ4n) is 0. The fourth-order valence-corrected chi connectivity index (χ4v) is 0. The van der Waals surface area contributed by atoms with Crippen molar-refractivity contribution < 1.29 is 21.1 Å². The van der Waals surface area contributed by atoms with Crippen molar-refractivity contribution in [2.45, 2.75) is 6.92 Å². The maximum Gasteiger partial charge on any atom is 0 e. The Balaban J connectivity index is 0. The minimum absolute atomic E-state index is 0. The van der Waals surface area contributed by atoms with Gasteiger partial charge in [0, 0.05) is 21.1 Å². The van der Waals surface area contributed by atoms with E-state index in [2.05, 4.69) is 0 Å². The van der Waals surface area contributed by atoms with Gasteiger partial charge in [-0.15, -0.1) is 0 Å². The van der Waals surface area contributed by atoms with E-state index in [1.807, 2.05) is 0 Å². The topological polar surface area (TPSA) is 23.8 Å². The van der Waals surface area contributed by atoms with Gasteiger partial charge in [-0.05, 0) is 0 Å². The fraction of sp³-hybridized carbons (Fsp3) is 1.00. The molecular weight excluding hydrogens is 134 g/mol. The molecule has 26 valence electrons. The van der Waals surface area contributed by atoms with Crippen LogP contribution >= 0.6 is 0 Å². The van der Waals surface area contributed by atoms with E-state index in [-0.39, 0.29) is 21.1 Å². The third-order valence-electron chi connectivity index (χ3n) is 0. The van der Waals surface area contributed by atoms with E-state index in [9.17, 15) is 0 Å². The summed E-state index contributed by atoms with van der Waals surface area (Å²) in [5.41, 5.74) is 6.21. The van der Waals surface area contributed by atoms with E-state index < -0.39 is 0 Å². The van der Waals surface area contributed by atoms with Gasteiger partial charge in [0.05, 0.1) is 0 Å². The first-order valence-corrected chi connectivity index (χ1v) is 1.06. The van der Waals surface area contributed by atoms with Gasteiger partial charge < -0.3 is 5.73 Å². The van der Waals surface area contributed by atoms with Crippen LogP contribution in [0.15, 0.2) is 0 Å². The Morgan fingerprint density at radius 1 is 1.75 bits per heavy atom. The van der Waals surface area contributed by atoms with Crippen molar-refractivity contribution in [1.29, 1.82) is 0 Å². The summed E-state index contributed by atoms with van der Waals surface area (Å²) < 4.78 is 0. The third-order valence-corrected chi connectivity index (χ3v) is 0. The van der Waals surface area contributed by atoms with E-state index in [0.29, 0.717) is 6.54 Å². The second-order valence-corrected chi connectivity index (χ2v) is 0.354. The summed E-state index contributed by atoms with van der Waals surface area (Å²) in [4.78, 5) is 0. The molecule has 2 heteroatoms. The number of nitrogens with one attached hydrogen (secondary N) is 1. The van der Waals surface area contributed by atoms with Crippen LogP contribution in [0.1, 0.15) is 6.92 Å². The molecule has 1 nitrogen and oxygen atoms in total. The molecule has 0 radical (unpaired) electrons. The summed E-state index contributed by atoms with van der Waals surface area (Å²) in [6, 6.07) is 0. The molecule has 0 fully saturated rings. The van der Waals surface area contributed by atoms with Crippen LogP contribution in [0.4, 0.5) is 0 Å². The van der Waals surface area contributed by atoms with Crippen LogP contribution in [0.2, 0.25) is 0 Å². The first-order valence-electron chi connectivity index (χ1n) is 1.06. The largest absolute Gasteiger partial charge is 0.678 e. The van der Waals surface area contributed by atoms with Crippen molar-refractivity contribution >= 4 is 0 Å². The average Bonchev–Trinajstić information content (AvgIpc) is 0.918. The quantitative estimate of drug-likeness (QED) is 0.449. The Morgan fingerprint density at radius 3 is 1.75 bits per heavy atom. The first-order chi connectivity index (χ1) is 1.41. The summed E-state index contributed by atoms with van der Waals surface area (Å²) in [5.74, 6) is 0. The monoisotopic (exact) mass is 142 g/mol. The van der Waals surface area contributed by atoms with Crippen molar-refractivity contribution in [2.24, 2.45) is 0 Å². The molecule has 0 aromatic carbocycles. The molecule has 0 aliphatic heterocycles. The predicted octanol–water partition coefficient (Wildman–Crippen LogP) is 1.06. The average molecular weight is 140 g/mol. The van der Waals surface area contributed by atoms with Crippen molar-refractivity contribution in [3.63, 3.8) is 0 Å². The molecule has 0 aromatic rings. The molecule has 0 aromatic heterocycles. The molecule has 4 heavy (non-hydrogen) atoms. The zero-order chi connectivity index (χ0) is 2.71. The second kappa shape index (κ2) is 9.42. The molecule has 0 atom stereocenters. The normalized spacial score (nSPS) is 4.50. The van der Waals surface area contributed by atoms with Crippen LogP contribution in [0.5, 0.6) is 0 Å². The molecule has 0 spiro atoms. The van der Waals surface area contributed by atoms with Gasteiger partial charge in [-0.2, -0.15) is 6.54 Å². The number of hydrogen-bond acceptors (Lipinski definition) is 0. The minimum Gasteiger partial charge on any atom is -0.678 e. The van der Waals surface area contributed by atoms with Crippen molar-refractivity contribution in [1.82, 2.24) is 0 Å². The van der Waals surface area contributed by atoms with Crippen LogP contribution in [-0.2, 0) is 21.1 Å². The van der Waals surface area contributed by atoms with Gasteiger partial charge in [0.2, 0.25) is 0 Å². The Bertz CT molecular complexity index is 6.00. The Morgan fingerprint density at radius 2 is 1.75 bits per heavy atom. The van der Waals surface area contributed by atoms with E-state index in [1.165, 1.54) is 0 Å². The predicted molar refractivity (Wildman–Crippen MR) is 14.9 cm³/mol. The molecule has 0 rings (SSSR count). The van der Waals surface area contributed by atoms with Gasteiger partial charge in [0.1, 0.15) is 0 Å². The number of hydrogen-bond donors (Lipinski definition) is 0. The van der Waals surface area contributed by atoms with Gasteiger partial charge in [-0.3, -0.25) is 0 Å². The molecule has 0 amide bonds. The zero-order valence-electron chi connectivity index (χ0n) is 2.62. The zero-order valence-corrected chi connectivity index (χ0v) is 4.62. The second-order valence-electron chi connectivity index (χ2n) is 0.354. The van der Waals surface area contributed by atoms with Crippen LogP contribution < -0.4 is 0 Å². The molecular formula is C2H6MoN-. The van der Waals surface area contributed by atoms with Gasteiger partial charge in [-0.25, -0.2) is 0 Å². The Labute approximate surface area is 40.8 Å². The standard InChI is InChI=1S/C2H6N.Mo/c1-2-3;/h3H,2H2,1H3;/q-1;. The summed E-state index contributed by atoms with van der Waals surface area (Å²) in [5, 5.41) is 0. The van der Waals surface area contributed by atoms with Crippen LogP contribution in [0.3, 0.4) is 0 Å². The van der Waals surface area contributed by atoms with Crippen LogP contribution in [-0.4, -0.2) is 6.54 Å². The Kier molecular flexibility index (Phi) is 20.8. The van der Waals surface area contributed by atoms with Gasteiger partial charge >= 0.3 is 0 Å². The number of rotatable bonds is 0. The minimum atomic E-state index is 0. The maximum atomic E-state index is 6.21. The van der Waals surface area contributed by atoms with E-state index in [1.54, 1.807) is 6.92 Å². The van der Waals surface area contributed by atoms with Crippen LogP contribution in [0, 0.1) is 0 Å². The molecule has 0 saturated heterocycles. The molecule has 0 aliphatic carbocycles. The van der Waals surface area contributed by atoms with E-state index >= 15 is 0 Å². The van der Waals surface area contributed by atoms with Gasteiger partial charge in [0.15, 0.2) is 0 Å². The van der Waals surface area contributed by atoms with Gasteiger partial charge in [0.25, 0.3) is 0 Å². The molecule has 0 saturated carbocycles. The molecule has 0 aliphatic rings. The summed E-state index contributed by atoms with van der Waals surface area (Å²) in [6.07, 6.45) is 0. The van der Waals surface area contributed by atoms with Gasteiger partial charge in [-0.1, -0.05) is 6.92 Å². The molecule has 0 bridgehead atoms.